The minimum atomic E-state index is -3.86. The van der Waals surface area contributed by atoms with Gasteiger partial charge in [0.1, 0.15) is 13.2 Å². The van der Waals surface area contributed by atoms with Crippen LogP contribution in [-0.4, -0.2) is 52.8 Å². The summed E-state index contributed by atoms with van der Waals surface area (Å²) in [5.74, 6) is 0. The van der Waals surface area contributed by atoms with Crippen LogP contribution < -0.4 is 10.7 Å². The molecule has 2 rings (SSSR count). The second-order valence-electron chi connectivity index (χ2n) is 3.47. The predicted molar refractivity (Wildman–Crippen MR) is 58.7 cm³/mol. The average molecular weight is 300 g/mol. The first-order valence-corrected chi connectivity index (χ1v) is 7.00. The van der Waals surface area contributed by atoms with E-state index < -0.39 is 19.8 Å². The monoisotopic (exact) mass is 299 g/mol. The molecule has 10 nitrogen and oxygen atoms in total. The minimum Gasteiger partial charge on any atom is -0.447 e. The Kier molecular flexibility index (Phi) is 3.64. The van der Waals surface area contributed by atoms with Gasteiger partial charge in [0.15, 0.2) is 0 Å². The van der Waals surface area contributed by atoms with E-state index in [2.05, 4.69) is 14.7 Å². The number of nitrogens with one attached hydrogen (secondary N) is 1. The number of cyclic esters (lactones) is 2. The number of ether oxygens (including phenoxy) is 2. The molecule has 2 aliphatic heterocycles. The predicted octanol–water partition coefficient (Wildman–Crippen LogP) is -0.167. The maximum atomic E-state index is 12.1. The Morgan fingerprint density at radius 3 is 2.39 bits per heavy atom. The van der Waals surface area contributed by atoms with Gasteiger partial charge in [-0.1, -0.05) is 0 Å². The molecule has 0 bridgehead atoms. The molecule has 0 aliphatic carbocycles. The van der Waals surface area contributed by atoms with Gasteiger partial charge in [0.25, 0.3) is 0 Å². The third kappa shape index (κ3) is 2.52. The van der Waals surface area contributed by atoms with Crippen LogP contribution in [0.15, 0.2) is 0 Å². The zero-order valence-electron chi connectivity index (χ0n) is 9.11. The molecule has 2 heterocycles. The summed E-state index contributed by atoms with van der Waals surface area (Å²) in [5.41, 5.74) is 5.48. The van der Waals surface area contributed by atoms with Crippen molar-refractivity contribution in [2.75, 3.05) is 26.3 Å². The molecule has 0 radical (unpaired) electrons. The molecule has 2 saturated heterocycles. The summed E-state index contributed by atoms with van der Waals surface area (Å²) < 4.78 is 21.9. The van der Waals surface area contributed by atoms with Crippen LogP contribution in [0, 0.1) is 0 Å². The fraction of sp³-hybridized carbons (Fsp3) is 0.667. The third-order valence-corrected chi connectivity index (χ3v) is 4.30. The molecule has 2 amide bonds. The lowest BCUT2D eigenvalue weighted by molar-refractivity contribution is 0.128. The first-order valence-electron chi connectivity index (χ1n) is 4.93. The van der Waals surface area contributed by atoms with Crippen LogP contribution in [0.25, 0.3) is 0 Å². The Balaban J connectivity index is 2.03. The van der Waals surface area contributed by atoms with Gasteiger partial charge in [0, 0.05) is 11.8 Å². The summed E-state index contributed by atoms with van der Waals surface area (Å²) in [6.07, 6.45) is -1.48. The van der Waals surface area contributed by atoms with Crippen LogP contribution in [-0.2, 0) is 14.0 Å². The number of hydrogen-bond acceptors (Lipinski definition) is 5. The van der Waals surface area contributed by atoms with Crippen LogP contribution >= 0.6 is 19.4 Å². The van der Waals surface area contributed by atoms with E-state index in [9.17, 15) is 14.2 Å². The van der Waals surface area contributed by atoms with Gasteiger partial charge in [-0.2, -0.15) is 0 Å². The number of halogens is 1. The fourth-order valence-corrected chi connectivity index (χ4v) is 2.71. The highest BCUT2D eigenvalue weighted by Gasteiger charge is 2.40. The topological polar surface area (TPSA) is 117 Å². The molecule has 0 aromatic rings. The number of nitrogens with two attached hydrogens (primary N) is 1. The van der Waals surface area contributed by atoms with Gasteiger partial charge < -0.3 is 9.47 Å². The Hall–Kier alpha value is -1.06. The Morgan fingerprint density at radius 2 is 1.89 bits per heavy atom. The first kappa shape index (κ1) is 13.4. The molecule has 102 valence electrons. The molecule has 0 aromatic carbocycles. The summed E-state index contributed by atoms with van der Waals surface area (Å²) in [5, 5.41) is 4.04. The number of nitrogens with zero attached hydrogens (tertiary/aromatic N) is 3. The SMILES string of the molecule is NP(=O)(NN1CCOC1=O)N(Cl)N1CCOC1=O. The van der Waals surface area contributed by atoms with Gasteiger partial charge in [-0.15, -0.1) is 5.20 Å². The van der Waals surface area contributed by atoms with Crippen LogP contribution in [0.5, 0.6) is 0 Å². The molecule has 1 atom stereocenters. The maximum absolute atomic E-state index is 12.1. The molecule has 2 fully saturated rings. The first-order chi connectivity index (χ1) is 8.42. The molecule has 0 aromatic heterocycles. The van der Waals surface area contributed by atoms with Crippen molar-refractivity contribution >= 4 is 31.6 Å². The number of hydrazine groups is 2. The van der Waals surface area contributed by atoms with E-state index in [4.69, 9.17) is 17.3 Å². The van der Waals surface area contributed by atoms with Gasteiger partial charge in [0.2, 0.25) is 0 Å². The molecular formula is C6H11ClN5O5P. The lowest BCUT2D eigenvalue weighted by atomic mass is 10.7. The summed E-state index contributed by atoms with van der Waals surface area (Å²) >= 11 is 5.73. The average Bonchev–Trinajstić information content (AvgIpc) is 2.87. The summed E-state index contributed by atoms with van der Waals surface area (Å²) in [6.45, 7) is 0.568. The molecule has 1 unspecified atom stereocenters. The Labute approximate surface area is 107 Å². The van der Waals surface area contributed by atoms with Crippen molar-refractivity contribution in [2.24, 2.45) is 5.50 Å². The number of hydrogen-bond donors (Lipinski definition) is 2. The van der Waals surface area contributed by atoms with Crippen molar-refractivity contribution in [3.63, 3.8) is 0 Å². The molecular weight excluding hydrogens is 289 g/mol. The van der Waals surface area contributed by atoms with Crippen LogP contribution in [0.1, 0.15) is 0 Å². The summed E-state index contributed by atoms with van der Waals surface area (Å²) in [4.78, 5) is 22.4. The van der Waals surface area contributed by atoms with Crippen LogP contribution in [0.2, 0.25) is 0 Å². The number of rotatable bonds is 4. The molecule has 3 N–H and O–H groups in total. The molecule has 2 aliphatic rings. The van der Waals surface area contributed by atoms with Crippen molar-refractivity contribution in [3.05, 3.63) is 0 Å². The van der Waals surface area contributed by atoms with Gasteiger partial charge in [-0.25, -0.2) is 19.6 Å². The van der Waals surface area contributed by atoms with Crippen molar-refractivity contribution in [2.45, 2.75) is 0 Å². The highest BCUT2D eigenvalue weighted by molar-refractivity contribution is 7.58. The van der Waals surface area contributed by atoms with E-state index in [1.54, 1.807) is 0 Å². The number of carbonyl (C=O) groups excluding carboxylic acids is 2. The van der Waals surface area contributed by atoms with E-state index >= 15 is 0 Å². The second kappa shape index (κ2) is 4.90. The van der Waals surface area contributed by atoms with E-state index in [-0.39, 0.29) is 26.3 Å². The third-order valence-electron chi connectivity index (χ3n) is 2.21. The minimum absolute atomic E-state index is 0.119. The van der Waals surface area contributed by atoms with Crippen molar-refractivity contribution < 1.29 is 23.6 Å². The van der Waals surface area contributed by atoms with E-state index in [1.807, 2.05) is 0 Å². The molecule has 0 saturated carbocycles. The zero-order valence-corrected chi connectivity index (χ0v) is 10.8. The number of carbonyl (C=O) groups is 2. The van der Waals surface area contributed by atoms with Gasteiger partial charge in [-0.05, 0) is 4.30 Å². The van der Waals surface area contributed by atoms with Crippen molar-refractivity contribution in [3.8, 4) is 0 Å². The normalized spacial score (nSPS) is 23.3. The Bertz CT molecular complexity index is 421. The van der Waals surface area contributed by atoms with Gasteiger partial charge in [-0.3, -0.25) is 10.1 Å². The lowest BCUT2D eigenvalue weighted by Crippen LogP contribution is -2.46. The highest BCUT2D eigenvalue weighted by Crippen LogP contribution is 2.41. The number of amides is 2. The molecule has 12 heteroatoms. The molecule has 18 heavy (non-hydrogen) atoms. The smallest absolute Gasteiger partial charge is 0.426 e. The van der Waals surface area contributed by atoms with Crippen LogP contribution in [0.3, 0.4) is 0 Å². The quantitative estimate of drug-likeness (QED) is 0.543. The van der Waals surface area contributed by atoms with E-state index in [1.165, 1.54) is 0 Å². The van der Waals surface area contributed by atoms with E-state index in [0.29, 0.717) is 4.30 Å². The van der Waals surface area contributed by atoms with Crippen molar-refractivity contribution in [1.29, 1.82) is 0 Å². The highest BCUT2D eigenvalue weighted by atomic mass is 35.5. The van der Waals surface area contributed by atoms with Crippen LogP contribution in [0.4, 0.5) is 9.59 Å². The maximum Gasteiger partial charge on any atom is 0.426 e. The van der Waals surface area contributed by atoms with Crippen molar-refractivity contribution in [1.82, 2.24) is 19.5 Å². The second-order valence-corrected chi connectivity index (χ2v) is 5.85. The summed E-state index contributed by atoms with van der Waals surface area (Å²) in [7, 11) is -3.86. The fourth-order valence-electron chi connectivity index (χ4n) is 1.39. The zero-order chi connectivity index (χ0) is 13.3. The summed E-state index contributed by atoms with van der Waals surface area (Å²) in [6, 6.07) is 0. The van der Waals surface area contributed by atoms with Gasteiger partial charge in [0.05, 0.1) is 13.1 Å². The van der Waals surface area contributed by atoms with E-state index in [0.717, 1.165) is 10.0 Å². The largest absolute Gasteiger partial charge is 0.447 e. The Morgan fingerprint density at radius 1 is 1.28 bits per heavy atom. The standard InChI is InChI=1S/C6H11ClN5O5P/c7-12(11-2-4-17-6(11)14)18(8,15)9-10-1-3-16-5(10)13/h1-4H2,(H3,8,9,15). The molecule has 0 spiro atoms. The lowest BCUT2D eigenvalue weighted by Gasteiger charge is -2.29. The van der Waals surface area contributed by atoms with Gasteiger partial charge >= 0.3 is 19.8 Å².